The average Bonchev–Trinajstić information content (AvgIpc) is 2.19. The van der Waals surface area contributed by atoms with Gasteiger partial charge in [0.25, 0.3) is 0 Å². The summed E-state index contributed by atoms with van der Waals surface area (Å²) < 4.78 is 0. The SMILES string of the molecule is C/C=C\c1ccccc1C(C)(C)N=C=O. The Hall–Kier alpha value is -1.66. The maximum Gasteiger partial charge on any atom is 0.235 e. The highest BCUT2D eigenvalue weighted by atomic mass is 16.1. The largest absolute Gasteiger partial charge is 0.235 e. The highest BCUT2D eigenvalue weighted by Gasteiger charge is 2.21. The molecule has 0 amide bonds. The van der Waals surface area contributed by atoms with Crippen molar-refractivity contribution in [2.75, 3.05) is 0 Å². The van der Waals surface area contributed by atoms with Crippen molar-refractivity contribution in [3.05, 3.63) is 41.5 Å². The third-order valence-corrected chi connectivity index (χ3v) is 2.29. The maximum atomic E-state index is 10.4. The number of nitrogens with zero attached hydrogens (tertiary/aromatic N) is 1. The van der Waals surface area contributed by atoms with Crippen LogP contribution in [0.25, 0.3) is 6.08 Å². The molecular formula is C13H15NO. The van der Waals surface area contributed by atoms with E-state index >= 15 is 0 Å². The van der Waals surface area contributed by atoms with Gasteiger partial charge in [-0.2, -0.15) is 4.99 Å². The van der Waals surface area contributed by atoms with Crippen molar-refractivity contribution in [2.45, 2.75) is 26.3 Å². The van der Waals surface area contributed by atoms with Crippen LogP contribution in [0.2, 0.25) is 0 Å². The van der Waals surface area contributed by atoms with Gasteiger partial charge in [-0.3, -0.25) is 0 Å². The van der Waals surface area contributed by atoms with Crippen molar-refractivity contribution in [1.82, 2.24) is 0 Å². The van der Waals surface area contributed by atoms with Crippen LogP contribution in [-0.4, -0.2) is 6.08 Å². The van der Waals surface area contributed by atoms with Crippen LogP contribution in [0.4, 0.5) is 0 Å². The standard InChI is InChI=1S/C13H15NO/c1-4-7-11-8-5-6-9-12(11)13(2,3)14-10-15/h4-9H,1-3H3/b7-4-. The van der Waals surface area contributed by atoms with Gasteiger partial charge in [-0.15, -0.1) is 0 Å². The summed E-state index contributed by atoms with van der Waals surface area (Å²) >= 11 is 0. The van der Waals surface area contributed by atoms with E-state index in [1.54, 1.807) is 6.08 Å². The van der Waals surface area contributed by atoms with Gasteiger partial charge >= 0.3 is 0 Å². The number of allylic oxidation sites excluding steroid dienone is 1. The summed E-state index contributed by atoms with van der Waals surface area (Å²) in [6.07, 6.45) is 5.61. The van der Waals surface area contributed by atoms with Crippen LogP contribution in [0.15, 0.2) is 35.3 Å². The van der Waals surface area contributed by atoms with Gasteiger partial charge in [0.1, 0.15) is 0 Å². The van der Waals surface area contributed by atoms with Crippen molar-refractivity contribution >= 4 is 12.2 Å². The first kappa shape index (κ1) is 11.4. The monoisotopic (exact) mass is 201 g/mol. The molecule has 0 unspecified atom stereocenters. The van der Waals surface area contributed by atoms with Crippen LogP contribution in [-0.2, 0) is 10.3 Å². The molecule has 1 rings (SSSR count). The summed E-state index contributed by atoms with van der Waals surface area (Å²) in [5.74, 6) is 0. The van der Waals surface area contributed by atoms with Crippen LogP contribution < -0.4 is 0 Å². The smallest absolute Gasteiger partial charge is 0.211 e. The minimum Gasteiger partial charge on any atom is -0.211 e. The number of isocyanates is 1. The number of benzene rings is 1. The first-order chi connectivity index (χ1) is 7.11. The van der Waals surface area contributed by atoms with Crippen LogP contribution in [0.5, 0.6) is 0 Å². The summed E-state index contributed by atoms with van der Waals surface area (Å²) in [5, 5.41) is 0. The van der Waals surface area contributed by atoms with E-state index in [0.29, 0.717) is 0 Å². The molecular weight excluding hydrogens is 186 g/mol. The Labute approximate surface area is 90.4 Å². The molecule has 0 radical (unpaired) electrons. The van der Waals surface area contributed by atoms with E-state index in [2.05, 4.69) is 4.99 Å². The molecule has 0 aliphatic carbocycles. The normalized spacial score (nSPS) is 11.4. The van der Waals surface area contributed by atoms with E-state index in [4.69, 9.17) is 0 Å². The van der Waals surface area contributed by atoms with Crippen molar-refractivity contribution < 1.29 is 4.79 Å². The van der Waals surface area contributed by atoms with Crippen molar-refractivity contribution in [2.24, 2.45) is 4.99 Å². The number of aliphatic imine (C=N–C) groups is 1. The third-order valence-electron chi connectivity index (χ3n) is 2.29. The lowest BCUT2D eigenvalue weighted by Gasteiger charge is -2.20. The fraction of sp³-hybridized carbons (Fsp3) is 0.308. The van der Waals surface area contributed by atoms with Crippen LogP contribution in [0, 0.1) is 0 Å². The Bertz CT molecular complexity index is 412. The van der Waals surface area contributed by atoms with Gasteiger partial charge in [0.05, 0.1) is 5.54 Å². The van der Waals surface area contributed by atoms with E-state index in [0.717, 1.165) is 11.1 Å². The summed E-state index contributed by atoms with van der Waals surface area (Å²) in [6.45, 7) is 5.77. The molecule has 2 heteroatoms. The molecule has 1 aromatic carbocycles. The van der Waals surface area contributed by atoms with Crippen LogP contribution in [0.1, 0.15) is 31.9 Å². The first-order valence-electron chi connectivity index (χ1n) is 4.93. The van der Waals surface area contributed by atoms with Gasteiger partial charge in [0.15, 0.2) is 0 Å². The second kappa shape index (κ2) is 4.72. The predicted molar refractivity (Wildman–Crippen MR) is 62.3 cm³/mol. The first-order valence-corrected chi connectivity index (χ1v) is 4.93. The Morgan fingerprint density at radius 3 is 2.60 bits per heavy atom. The molecule has 0 fully saturated rings. The van der Waals surface area contributed by atoms with Gasteiger partial charge in [0, 0.05) is 0 Å². The number of carbonyl (C=O) groups excluding carboxylic acids is 1. The molecule has 0 saturated heterocycles. The van der Waals surface area contributed by atoms with Gasteiger partial charge in [-0.25, -0.2) is 4.79 Å². The van der Waals surface area contributed by atoms with E-state index < -0.39 is 5.54 Å². The number of rotatable bonds is 3. The van der Waals surface area contributed by atoms with Crippen LogP contribution in [0.3, 0.4) is 0 Å². The number of hydrogen-bond donors (Lipinski definition) is 0. The Morgan fingerprint density at radius 2 is 2.00 bits per heavy atom. The van der Waals surface area contributed by atoms with Gasteiger partial charge < -0.3 is 0 Å². The van der Waals surface area contributed by atoms with E-state index in [1.807, 2.05) is 57.2 Å². The zero-order valence-electron chi connectivity index (χ0n) is 9.32. The quantitative estimate of drug-likeness (QED) is 0.545. The molecule has 0 N–H and O–H groups in total. The fourth-order valence-electron chi connectivity index (χ4n) is 1.55. The Morgan fingerprint density at radius 1 is 1.33 bits per heavy atom. The molecule has 0 heterocycles. The lowest BCUT2D eigenvalue weighted by Crippen LogP contribution is -2.14. The van der Waals surface area contributed by atoms with Gasteiger partial charge in [-0.1, -0.05) is 36.4 Å². The lowest BCUT2D eigenvalue weighted by atomic mass is 9.90. The van der Waals surface area contributed by atoms with Crippen LogP contribution >= 0.6 is 0 Å². The van der Waals surface area contributed by atoms with E-state index in [9.17, 15) is 4.79 Å². The molecule has 0 aliphatic rings. The lowest BCUT2D eigenvalue weighted by molar-refractivity contribution is 0.522. The molecule has 0 aliphatic heterocycles. The molecule has 0 bridgehead atoms. The maximum absolute atomic E-state index is 10.4. The highest BCUT2D eigenvalue weighted by Crippen LogP contribution is 2.28. The average molecular weight is 201 g/mol. The third kappa shape index (κ3) is 2.64. The van der Waals surface area contributed by atoms with Crippen molar-refractivity contribution in [3.63, 3.8) is 0 Å². The van der Waals surface area contributed by atoms with E-state index in [1.165, 1.54) is 0 Å². The van der Waals surface area contributed by atoms with Gasteiger partial charge in [-0.05, 0) is 31.9 Å². The fourth-order valence-corrected chi connectivity index (χ4v) is 1.55. The topological polar surface area (TPSA) is 29.4 Å². The molecule has 0 spiro atoms. The number of hydrogen-bond acceptors (Lipinski definition) is 2. The van der Waals surface area contributed by atoms with Crippen molar-refractivity contribution in [1.29, 1.82) is 0 Å². The summed E-state index contributed by atoms with van der Waals surface area (Å²) in [4.78, 5) is 14.2. The Kier molecular flexibility index (Phi) is 3.59. The molecule has 78 valence electrons. The van der Waals surface area contributed by atoms with E-state index in [-0.39, 0.29) is 0 Å². The minimum absolute atomic E-state index is 0.516. The summed E-state index contributed by atoms with van der Waals surface area (Å²) in [6, 6.07) is 7.91. The highest BCUT2D eigenvalue weighted by molar-refractivity contribution is 5.56. The molecule has 0 aromatic heterocycles. The van der Waals surface area contributed by atoms with Crippen molar-refractivity contribution in [3.8, 4) is 0 Å². The second-order valence-corrected chi connectivity index (χ2v) is 3.85. The van der Waals surface area contributed by atoms with Gasteiger partial charge in [0.2, 0.25) is 6.08 Å². The summed E-state index contributed by atoms with van der Waals surface area (Å²) in [7, 11) is 0. The second-order valence-electron chi connectivity index (χ2n) is 3.85. The predicted octanol–water partition coefficient (Wildman–Crippen LogP) is 3.29. The minimum atomic E-state index is -0.516. The zero-order valence-corrected chi connectivity index (χ0v) is 9.32. The molecule has 0 saturated carbocycles. The zero-order chi connectivity index (χ0) is 11.3. The Balaban J connectivity index is 3.29. The summed E-state index contributed by atoms with van der Waals surface area (Å²) in [5.41, 5.74) is 1.60. The molecule has 15 heavy (non-hydrogen) atoms. The molecule has 0 atom stereocenters. The molecule has 1 aromatic rings. The molecule has 2 nitrogen and oxygen atoms in total.